The van der Waals surface area contributed by atoms with E-state index >= 15 is 0 Å². The van der Waals surface area contributed by atoms with Crippen LogP contribution >= 0.6 is 0 Å². The second-order valence-electron chi connectivity index (χ2n) is 13.3. The molecule has 5 nitrogen and oxygen atoms in total. The number of aromatic nitrogens is 5. The fourth-order valence-electron chi connectivity index (χ4n) is 7.04. The Hall–Kier alpha value is -6.07. The van der Waals surface area contributed by atoms with E-state index in [1.165, 1.54) is 21.5 Å². The Morgan fingerprint density at radius 3 is 1.40 bits per heavy atom. The summed E-state index contributed by atoms with van der Waals surface area (Å²) in [5.74, 6) is 1.99. The largest absolute Gasteiger partial charge is 0.308 e. The van der Waals surface area contributed by atoms with Crippen LogP contribution in [-0.4, -0.2) is 24.1 Å². The smallest absolute Gasteiger partial charge is 0.238 e. The van der Waals surface area contributed by atoms with E-state index in [0.29, 0.717) is 11.8 Å². The molecule has 6 aromatic carbocycles. The molecule has 0 radical (unpaired) electrons. The molecular weight excluding hydrogens is 587 g/mol. The minimum Gasteiger partial charge on any atom is -0.308 e. The van der Waals surface area contributed by atoms with Crippen LogP contribution in [0.3, 0.4) is 0 Å². The lowest BCUT2D eigenvalue weighted by Crippen LogP contribution is -2.19. The normalized spacial score (nSPS) is 12.1. The highest BCUT2D eigenvalue weighted by atomic mass is 15.2. The summed E-state index contributed by atoms with van der Waals surface area (Å²) in [6, 6.07) is 51.3. The molecule has 0 saturated carbocycles. The fourth-order valence-corrected chi connectivity index (χ4v) is 7.04. The summed E-state index contributed by atoms with van der Waals surface area (Å²) in [5.41, 5.74) is 8.30. The molecule has 48 heavy (non-hydrogen) atoms. The highest BCUT2D eigenvalue weighted by Gasteiger charge is 2.26. The van der Waals surface area contributed by atoms with Crippen LogP contribution in [0, 0.1) is 0 Å². The van der Waals surface area contributed by atoms with Crippen molar-refractivity contribution in [2.24, 2.45) is 0 Å². The van der Waals surface area contributed by atoms with Crippen LogP contribution in [0.15, 0.2) is 146 Å². The predicted molar refractivity (Wildman–Crippen MR) is 198 cm³/mol. The molecule has 0 unspecified atom stereocenters. The molecule has 3 heterocycles. The molecule has 0 atom stereocenters. The van der Waals surface area contributed by atoms with Gasteiger partial charge in [-0.1, -0.05) is 136 Å². The molecule has 0 spiro atoms. The molecule has 0 aliphatic heterocycles. The first kappa shape index (κ1) is 28.2. The monoisotopic (exact) mass is 619 g/mol. The summed E-state index contributed by atoms with van der Waals surface area (Å²) in [5, 5.41) is 4.76. The second-order valence-corrected chi connectivity index (χ2v) is 13.3. The zero-order valence-electron chi connectivity index (χ0n) is 27.1. The van der Waals surface area contributed by atoms with Crippen molar-refractivity contribution in [3.8, 4) is 34.2 Å². The SMILES string of the molecule is CC(C)(C)c1nc(-c2cccc(-c3ccccc3)c2-n2c3ccccc3c3ccccc32)nc(-n2c3ccccc3c3ccccc32)n1. The molecule has 9 aromatic rings. The zero-order chi connectivity index (χ0) is 32.4. The summed E-state index contributed by atoms with van der Waals surface area (Å²) < 4.78 is 4.58. The topological polar surface area (TPSA) is 48.5 Å². The average molecular weight is 620 g/mol. The van der Waals surface area contributed by atoms with Crippen LogP contribution in [-0.2, 0) is 5.41 Å². The fraction of sp³-hybridized carbons (Fsp3) is 0.0930. The quantitative estimate of drug-likeness (QED) is 0.197. The number of nitrogens with zero attached hydrogens (tertiary/aromatic N) is 5. The van der Waals surface area contributed by atoms with Crippen LogP contribution < -0.4 is 0 Å². The van der Waals surface area contributed by atoms with Gasteiger partial charge in [-0.15, -0.1) is 0 Å². The summed E-state index contributed by atoms with van der Waals surface area (Å²) in [6.07, 6.45) is 0. The number of fused-ring (bicyclic) bond motifs is 6. The van der Waals surface area contributed by atoms with Crippen LogP contribution in [0.4, 0.5) is 0 Å². The molecule has 0 bridgehead atoms. The van der Waals surface area contributed by atoms with Gasteiger partial charge in [0.1, 0.15) is 5.82 Å². The lowest BCUT2D eigenvalue weighted by Gasteiger charge is -2.21. The highest BCUT2D eigenvalue weighted by molar-refractivity contribution is 6.11. The maximum absolute atomic E-state index is 5.35. The standard InChI is InChI=1S/C43H33N5/c1-43(2,3)41-44-40(45-42(46-41)48-37-26-13-9-20-32(37)33-21-10-14-27-38(33)48)34-23-15-22-29(28-16-5-4-6-17-28)39(34)47-35-24-11-7-18-30(35)31-19-8-12-25-36(31)47/h4-27H,1-3H3. The maximum Gasteiger partial charge on any atom is 0.238 e. The molecule has 0 aliphatic carbocycles. The van der Waals surface area contributed by atoms with Crippen molar-refractivity contribution < 1.29 is 0 Å². The van der Waals surface area contributed by atoms with Gasteiger partial charge in [0.05, 0.1) is 27.8 Å². The molecule has 3 aromatic heterocycles. The summed E-state index contributed by atoms with van der Waals surface area (Å²) in [6.45, 7) is 6.49. The molecule has 230 valence electrons. The molecular formula is C43H33N5. The van der Waals surface area contributed by atoms with E-state index < -0.39 is 0 Å². The molecule has 0 N–H and O–H groups in total. The third kappa shape index (κ3) is 4.35. The maximum atomic E-state index is 5.35. The van der Waals surface area contributed by atoms with Gasteiger partial charge >= 0.3 is 0 Å². The molecule has 0 aliphatic rings. The lowest BCUT2D eigenvalue weighted by atomic mass is 9.95. The van der Waals surface area contributed by atoms with Gasteiger partial charge in [0.2, 0.25) is 5.95 Å². The van der Waals surface area contributed by atoms with Crippen molar-refractivity contribution in [2.45, 2.75) is 26.2 Å². The minimum atomic E-state index is -0.324. The van der Waals surface area contributed by atoms with Crippen LogP contribution in [0.25, 0.3) is 77.8 Å². The molecule has 0 saturated heterocycles. The van der Waals surface area contributed by atoms with E-state index in [-0.39, 0.29) is 5.41 Å². The van der Waals surface area contributed by atoms with Crippen molar-refractivity contribution >= 4 is 43.6 Å². The Labute approximate surface area is 278 Å². The van der Waals surface area contributed by atoms with Crippen molar-refractivity contribution in [1.29, 1.82) is 0 Å². The first-order chi connectivity index (χ1) is 23.5. The van der Waals surface area contributed by atoms with E-state index in [2.05, 4.69) is 175 Å². The Balaban J connectivity index is 1.42. The van der Waals surface area contributed by atoms with Gasteiger partial charge in [-0.3, -0.25) is 4.57 Å². The van der Waals surface area contributed by atoms with Gasteiger partial charge in [0.15, 0.2) is 5.82 Å². The summed E-state index contributed by atoms with van der Waals surface area (Å²) >= 11 is 0. The summed E-state index contributed by atoms with van der Waals surface area (Å²) in [7, 11) is 0. The van der Waals surface area contributed by atoms with Crippen LogP contribution in [0.2, 0.25) is 0 Å². The van der Waals surface area contributed by atoms with E-state index in [1.807, 2.05) is 0 Å². The highest BCUT2D eigenvalue weighted by Crippen LogP contribution is 2.41. The first-order valence-corrected chi connectivity index (χ1v) is 16.4. The molecule has 5 heteroatoms. The third-order valence-corrected chi connectivity index (χ3v) is 9.24. The predicted octanol–water partition coefficient (Wildman–Crippen LogP) is 10.7. The minimum absolute atomic E-state index is 0.324. The Morgan fingerprint density at radius 2 is 0.875 bits per heavy atom. The zero-order valence-corrected chi connectivity index (χ0v) is 27.1. The van der Waals surface area contributed by atoms with E-state index in [0.717, 1.165) is 50.3 Å². The average Bonchev–Trinajstić information content (AvgIpc) is 3.64. The third-order valence-electron chi connectivity index (χ3n) is 9.24. The Bertz CT molecular complexity index is 2550. The first-order valence-electron chi connectivity index (χ1n) is 16.4. The summed E-state index contributed by atoms with van der Waals surface area (Å²) in [4.78, 5) is 15.8. The number of hydrogen-bond donors (Lipinski definition) is 0. The van der Waals surface area contributed by atoms with Gasteiger partial charge in [0, 0.05) is 38.1 Å². The van der Waals surface area contributed by atoms with E-state index in [9.17, 15) is 0 Å². The molecule has 0 amide bonds. The van der Waals surface area contributed by atoms with Gasteiger partial charge in [0.25, 0.3) is 0 Å². The van der Waals surface area contributed by atoms with Gasteiger partial charge < -0.3 is 4.57 Å². The Kier molecular flexibility index (Phi) is 6.31. The lowest BCUT2D eigenvalue weighted by molar-refractivity contribution is 0.540. The Morgan fingerprint density at radius 1 is 0.417 bits per heavy atom. The number of benzene rings is 6. The van der Waals surface area contributed by atoms with Crippen molar-refractivity contribution in [1.82, 2.24) is 24.1 Å². The van der Waals surface area contributed by atoms with Gasteiger partial charge in [-0.2, -0.15) is 9.97 Å². The van der Waals surface area contributed by atoms with Crippen molar-refractivity contribution in [2.75, 3.05) is 0 Å². The second kappa shape index (κ2) is 10.7. The van der Waals surface area contributed by atoms with Crippen molar-refractivity contribution in [3.63, 3.8) is 0 Å². The van der Waals surface area contributed by atoms with Crippen molar-refractivity contribution in [3.05, 3.63) is 151 Å². The number of rotatable bonds is 4. The van der Waals surface area contributed by atoms with E-state index in [1.54, 1.807) is 0 Å². The van der Waals surface area contributed by atoms with Gasteiger partial charge in [-0.05, 0) is 35.9 Å². The molecule has 9 rings (SSSR count). The van der Waals surface area contributed by atoms with E-state index in [4.69, 9.17) is 15.0 Å². The number of hydrogen-bond acceptors (Lipinski definition) is 3. The number of para-hydroxylation sites is 5. The molecule has 0 fully saturated rings. The van der Waals surface area contributed by atoms with Crippen LogP contribution in [0.5, 0.6) is 0 Å². The van der Waals surface area contributed by atoms with Crippen LogP contribution in [0.1, 0.15) is 26.6 Å². The van der Waals surface area contributed by atoms with Gasteiger partial charge in [-0.25, -0.2) is 4.98 Å².